The number of thiophene rings is 1. The summed E-state index contributed by atoms with van der Waals surface area (Å²) < 4.78 is 13.0. The van der Waals surface area contributed by atoms with Crippen LogP contribution in [0.15, 0.2) is 29.6 Å². The van der Waals surface area contributed by atoms with Gasteiger partial charge in [-0.1, -0.05) is 6.07 Å². The summed E-state index contributed by atoms with van der Waals surface area (Å²) in [4.78, 5) is 12.1. The average molecular weight is 292 g/mol. The summed E-state index contributed by atoms with van der Waals surface area (Å²) in [5, 5.41) is 5.08. The molecule has 3 nitrogen and oxygen atoms in total. The third-order valence-corrected chi connectivity index (χ3v) is 4.05. The Morgan fingerprint density at radius 2 is 2.20 bits per heavy atom. The molecule has 0 aliphatic carbocycles. The number of carbonyl (C=O) groups excluding carboxylic acids is 1. The Balaban J connectivity index is 1.79. The monoisotopic (exact) mass is 292 g/mol. The molecule has 0 atom stereocenters. The van der Waals surface area contributed by atoms with E-state index in [-0.39, 0.29) is 5.82 Å². The van der Waals surface area contributed by atoms with Gasteiger partial charge in [0, 0.05) is 16.8 Å². The summed E-state index contributed by atoms with van der Waals surface area (Å²) in [7, 11) is 0. The molecule has 0 unspecified atom stereocenters. The Morgan fingerprint density at radius 3 is 2.85 bits per heavy atom. The van der Waals surface area contributed by atoms with Gasteiger partial charge in [0.15, 0.2) is 0 Å². The minimum Gasteiger partial charge on any atom is -0.366 e. The van der Waals surface area contributed by atoms with Crippen molar-refractivity contribution in [2.45, 2.75) is 19.9 Å². The van der Waals surface area contributed by atoms with Crippen molar-refractivity contribution in [1.29, 1.82) is 0 Å². The number of amides is 1. The molecular formula is C15H17FN2OS. The molecule has 20 heavy (non-hydrogen) atoms. The maximum atomic E-state index is 13.0. The summed E-state index contributed by atoms with van der Waals surface area (Å²) in [6, 6.07) is 6.67. The van der Waals surface area contributed by atoms with Crippen molar-refractivity contribution in [1.82, 2.24) is 5.32 Å². The lowest BCUT2D eigenvalue weighted by molar-refractivity contribution is 0.100. The predicted molar refractivity (Wildman–Crippen MR) is 79.4 cm³/mol. The van der Waals surface area contributed by atoms with Crippen molar-refractivity contribution in [3.63, 3.8) is 0 Å². The second kappa shape index (κ2) is 6.63. The van der Waals surface area contributed by atoms with Gasteiger partial charge in [0.1, 0.15) is 5.82 Å². The molecule has 1 aromatic carbocycles. The quantitative estimate of drug-likeness (QED) is 0.804. The molecule has 0 bridgehead atoms. The van der Waals surface area contributed by atoms with Gasteiger partial charge < -0.3 is 11.1 Å². The van der Waals surface area contributed by atoms with Crippen molar-refractivity contribution in [3.8, 4) is 0 Å². The highest BCUT2D eigenvalue weighted by atomic mass is 32.1. The highest BCUT2D eigenvalue weighted by Crippen LogP contribution is 2.14. The zero-order valence-electron chi connectivity index (χ0n) is 11.3. The number of nitrogens with one attached hydrogen (secondary N) is 1. The SMILES string of the molecule is Cc1cc(F)ccc1CCNCc1cc(C(N)=O)cs1. The molecule has 5 heteroatoms. The number of benzene rings is 1. The lowest BCUT2D eigenvalue weighted by atomic mass is 10.1. The van der Waals surface area contributed by atoms with E-state index in [2.05, 4.69) is 5.32 Å². The number of hydrogen-bond donors (Lipinski definition) is 2. The van der Waals surface area contributed by atoms with E-state index in [4.69, 9.17) is 5.73 Å². The van der Waals surface area contributed by atoms with Gasteiger partial charge in [0.25, 0.3) is 0 Å². The van der Waals surface area contributed by atoms with E-state index in [1.54, 1.807) is 11.4 Å². The molecule has 0 spiro atoms. The highest BCUT2D eigenvalue weighted by Gasteiger charge is 2.04. The van der Waals surface area contributed by atoms with E-state index in [1.165, 1.54) is 17.4 Å². The molecule has 0 saturated heterocycles. The van der Waals surface area contributed by atoms with Crippen LogP contribution >= 0.6 is 11.3 Å². The maximum Gasteiger partial charge on any atom is 0.249 e. The molecule has 0 fully saturated rings. The van der Waals surface area contributed by atoms with Gasteiger partial charge in [0.2, 0.25) is 5.91 Å². The zero-order chi connectivity index (χ0) is 14.5. The minimum absolute atomic E-state index is 0.197. The molecule has 1 amide bonds. The normalized spacial score (nSPS) is 10.7. The van der Waals surface area contributed by atoms with Gasteiger partial charge in [0.05, 0.1) is 5.56 Å². The van der Waals surface area contributed by atoms with Crippen LogP contribution in [0.2, 0.25) is 0 Å². The number of carbonyl (C=O) groups is 1. The lowest BCUT2D eigenvalue weighted by Crippen LogP contribution is -2.16. The van der Waals surface area contributed by atoms with Crippen LogP contribution in [-0.4, -0.2) is 12.5 Å². The molecular weight excluding hydrogens is 275 g/mol. The van der Waals surface area contributed by atoms with Crippen LogP contribution < -0.4 is 11.1 Å². The van der Waals surface area contributed by atoms with Gasteiger partial charge >= 0.3 is 0 Å². The molecule has 3 N–H and O–H groups in total. The zero-order valence-corrected chi connectivity index (χ0v) is 12.1. The number of hydrogen-bond acceptors (Lipinski definition) is 3. The fraction of sp³-hybridized carbons (Fsp3) is 0.267. The summed E-state index contributed by atoms with van der Waals surface area (Å²) >= 11 is 1.52. The Labute approximate surface area is 121 Å². The van der Waals surface area contributed by atoms with Crippen LogP contribution in [0.5, 0.6) is 0 Å². The van der Waals surface area contributed by atoms with E-state index >= 15 is 0 Å². The Morgan fingerprint density at radius 1 is 1.40 bits per heavy atom. The second-order valence-electron chi connectivity index (χ2n) is 4.66. The van der Waals surface area contributed by atoms with E-state index in [9.17, 15) is 9.18 Å². The van der Waals surface area contributed by atoms with Crippen molar-refractivity contribution >= 4 is 17.2 Å². The summed E-state index contributed by atoms with van der Waals surface area (Å²) in [5.74, 6) is -0.591. The van der Waals surface area contributed by atoms with Crippen molar-refractivity contribution in [3.05, 3.63) is 57.0 Å². The third-order valence-electron chi connectivity index (χ3n) is 3.11. The number of primary amides is 1. The number of nitrogens with two attached hydrogens (primary N) is 1. The van der Waals surface area contributed by atoms with Gasteiger partial charge in [-0.05, 0) is 49.2 Å². The van der Waals surface area contributed by atoms with E-state index in [1.807, 2.05) is 19.1 Å². The fourth-order valence-electron chi connectivity index (χ4n) is 1.98. The first-order valence-corrected chi connectivity index (χ1v) is 7.27. The largest absolute Gasteiger partial charge is 0.366 e. The Bertz CT molecular complexity index is 610. The van der Waals surface area contributed by atoms with Gasteiger partial charge in [-0.15, -0.1) is 11.3 Å². The minimum atomic E-state index is -0.394. The smallest absolute Gasteiger partial charge is 0.249 e. The summed E-state index contributed by atoms with van der Waals surface area (Å²) in [5.41, 5.74) is 7.87. The van der Waals surface area contributed by atoms with Crippen LogP contribution in [0.25, 0.3) is 0 Å². The Hall–Kier alpha value is -1.72. The van der Waals surface area contributed by atoms with Gasteiger partial charge in [-0.2, -0.15) is 0 Å². The summed E-state index contributed by atoms with van der Waals surface area (Å²) in [6.07, 6.45) is 0.847. The topological polar surface area (TPSA) is 55.1 Å². The number of aryl methyl sites for hydroxylation is 1. The molecule has 106 valence electrons. The third kappa shape index (κ3) is 3.88. The van der Waals surface area contributed by atoms with Gasteiger partial charge in [-0.25, -0.2) is 4.39 Å². The van der Waals surface area contributed by atoms with Crippen molar-refractivity contribution < 1.29 is 9.18 Å². The average Bonchev–Trinajstić information content (AvgIpc) is 2.85. The van der Waals surface area contributed by atoms with Crippen molar-refractivity contribution in [2.75, 3.05) is 6.54 Å². The maximum absolute atomic E-state index is 13.0. The van der Waals surface area contributed by atoms with E-state index in [0.717, 1.165) is 29.0 Å². The molecule has 0 radical (unpaired) electrons. The lowest BCUT2D eigenvalue weighted by Gasteiger charge is -2.06. The molecule has 0 saturated carbocycles. The first kappa shape index (κ1) is 14.7. The molecule has 2 rings (SSSR count). The van der Waals surface area contributed by atoms with Crippen LogP contribution in [-0.2, 0) is 13.0 Å². The van der Waals surface area contributed by atoms with Crippen molar-refractivity contribution in [2.24, 2.45) is 5.73 Å². The Kier molecular flexibility index (Phi) is 4.87. The standard InChI is InChI=1S/C15H17FN2OS/c1-10-6-13(16)3-2-11(10)4-5-18-8-14-7-12(9-20-14)15(17)19/h2-3,6-7,9,18H,4-5,8H2,1H3,(H2,17,19). The first-order valence-electron chi connectivity index (χ1n) is 6.39. The molecule has 1 heterocycles. The van der Waals surface area contributed by atoms with Crippen LogP contribution in [0.3, 0.4) is 0 Å². The van der Waals surface area contributed by atoms with E-state index in [0.29, 0.717) is 12.1 Å². The molecule has 1 aromatic heterocycles. The second-order valence-corrected chi connectivity index (χ2v) is 5.66. The molecule has 0 aliphatic heterocycles. The predicted octanol–water partition coefficient (Wildman–Crippen LogP) is 2.63. The number of halogens is 1. The first-order chi connectivity index (χ1) is 9.56. The van der Waals surface area contributed by atoms with Gasteiger partial charge in [-0.3, -0.25) is 4.79 Å². The summed E-state index contributed by atoms with van der Waals surface area (Å²) in [6.45, 7) is 3.42. The number of rotatable bonds is 6. The van der Waals surface area contributed by atoms with Crippen LogP contribution in [0.1, 0.15) is 26.4 Å². The fourth-order valence-corrected chi connectivity index (χ4v) is 2.82. The molecule has 0 aliphatic rings. The van der Waals surface area contributed by atoms with E-state index < -0.39 is 5.91 Å². The molecule has 2 aromatic rings. The van der Waals surface area contributed by atoms with Crippen LogP contribution in [0.4, 0.5) is 4.39 Å². The van der Waals surface area contributed by atoms with Crippen LogP contribution in [0, 0.1) is 12.7 Å². The highest BCUT2D eigenvalue weighted by molar-refractivity contribution is 7.10.